The maximum atomic E-state index is 11.9. The van der Waals surface area contributed by atoms with E-state index < -0.39 is 0 Å². The van der Waals surface area contributed by atoms with Gasteiger partial charge in [0.1, 0.15) is 0 Å². The first-order valence-electron chi connectivity index (χ1n) is 5.02. The highest BCUT2D eigenvalue weighted by atomic mass is 16.1. The van der Waals surface area contributed by atoms with Gasteiger partial charge in [-0.05, 0) is 34.9 Å². The Morgan fingerprint density at radius 1 is 1.33 bits per heavy atom. The smallest absolute Gasteiger partial charge is 0.168 e. The Morgan fingerprint density at radius 2 is 2.13 bits per heavy atom. The molecule has 3 rings (SSSR count). The molecule has 0 unspecified atom stereocenters. The summed E-state index contributed by atoms with van der Waals surface area (Å²) in [5.41, 5.74) is 9.51. The number of hydrogen-bond donors (Lipinski definition) is 1. The lowest BCUT2D eigenvalue weighted by Crippen LogP contribution is -2.00. The molecule has 0 heterocycles. The van der Waals surface area contributed by atoms with Crippen molar-refractivity contribution < 1.29 is 4.79 Å². The molecule has 2 heteroatoms. The number of benzene rings is 2. The lowest BCUT2D eigenvalue weighted by Gasteiger charge is -2.07. The summed E-state index contributed by atoms with van der Waals surface area (Å²) in [6.45, 7) is 1.92. The molecule has 15 heavy (non-hydrogen) atoms. The predicted octanol–water partition coefficient (Wildman–Crippen LogP) is 2.47. The van der Waals surface area contributed by atoms with E-state index in [2.05, 4.69) is 0 Å². The number of carbonyl (C=O) groups is 1. The van der Waals surface area contributed by atoms with Crippen LogP contribution in [0.1, 0.15) is 21.5 Å². The number of rotatable bonds is 0. The maximum Gasteiger partial charge on any atom is 0.168 e. The third-order valence-corrected chi connectivity index (χ3v) is 3.18. The van der Waals surface area contributed by atoms with Crippen LogP contribution in [-0.2, 0) is 6.42 Å². The van der Waals surface area contributed by atoms with Crippen molar-refractivity contribution in [2.24, 2.45) is 0 Å². The van der Waals surface area contributed by atoms with E-state index in [0.717, 1.165) is 27.5 Å². The normalized spacial score (nSPS) is 13.8. The van der Waals surface area contributed by atoms with E-state index in [1.807, 2.05) is 31.2 Å². The zero-order chi connectivity index (χ0) is 10.6. The first-order valence-corrected chi connectivity index (χ1v) is 5.02. The average molecular weight is 197 g/mol. The largest absolute Gasteiger partial charge is 0.398 e. The van der Waals surface area contributed by atoms with E-state index in [-0.39, 0.29) is 5.78 Å². The van der Waals surface area contributed by atoms with Crippen LogP contribution in [0.15, 0.2) is 24.3 Å². The minimum Gasteiger partial charge on any atom is -0.398 e. The lowest BCUT2D eigenvalue weighted by molar-refractivity contribution is 0.0999. The van der Waals surface area contributed by atoms with E-state index >= 15 is 0 Å². The molecule has 0 atom stereocenters. The van der Waals surface area contributed by atoms with Gasteiger partial charge in [-0.1, -0.05) is 18.2 Å². The zero-order valence-electron chi connectivity index (χ0n) is 8.50. The Balaban J connectivity index is 2.59. The Labute approximate surface area is 87.7 Å². The monoisotopic (exact) mass is 197 g/mol. The molecule has 2 aromatic rings. The molecule has 1 aliphatic carbocycles. The van der Waals surface area contributed by atoms with Crippen LogP contribution in [0.4, 0.5) is 5.69 Å². The molecule has 74 valence electrons. The van der Waals surface area contributed by atoms with Gasteiger partial charge >= 0.3 is 0 Å². The van der Waals surface area contributed by atoms with Crippen LogP contribution >= 0.6 is 0 Å². The first-order chi connectivity index (χ1) is 7.18. The second-order valence-corrected chi connectivity index (χ2v) is 4.08. The summed E-state index contributed by atoms with van der Waals surface area (Å²) in [6.07, 6.45) is 0.525. The van der Waals surface area contributed by atoms with E-state index in [0.29, 0.717) is 12.1 Å². The molecule has 0 radical (unpaired) electrons. The van der Waals surface area contributed by atoms with Crippen LogP contribution in [0, 0.1) is 6.92 Å². The number of nitrogens with two attached hydrogens (primary N) is 1. The molecule has 0 saturated heterocycles. The lowest BCUT2D eigenvalue weighted by atomic mass is 9.99. The Bertz CT molecular complexity index is 599. The minimum atomic E-state index is 0.200. The van der Waals surface area contributed by atoms with Crippen molar-refractivity contribution in [3.05, 3.63) is 41.0 Å². The average Bonchev–Trinajstić information content (AvgIpc) is 2.53. The number of ketones is 1. The van der Waals surface area contributed by atoms with Gasteiger partial charge in [-0.3, -0.25) is 4.79 Å². The van der Waals surface area contributed by atoms with Gasteiger partial charge in [0.25, 0.3) is 0 Å². The molecular formula is C13H11NO. The van der Waals surface area contributed by atoms with Crippen LogP contribution < -0.4 is 5.73 Å². The number of carbonyl (C=O) groups excluding carboxylic acids is 1. The summed E-state index contributed by atoms with van der Waals surface area (Å²) in [7, 11) is 0. The molecule has 0 aliphatic heterocycles. The predicted molar refractivity (Wildman–Crippen MR) is 61.1 cm³/mol. The molecule has 0 fully saturated rings. The SMILES string of the molecule is Cc1c(N)cc2cccc3c2c1C(=O)C3. The highest BCUT2D eigenvalue weighted by molar-refractivity contribution is 6.17. The van der Waals surface area contributed by atoms with E-state index in [1.165, 1.54) is 0 Å². The second kappa shape index (κ2) is 2.60. The molecule has 0 aromatic heterocycles. The third-order valence-electron chi connectivity index (χ3n) is 3.18. The van der Waals surface area contributed by atoms with E-state index in [4.69, 9.17) is 5.73 Å². The molecule has 2 aromatic carbocycles. The van der Waals surface area contributed by atoms with Crippen LogP contribution in [0.25, 0.3) is 10.8 Å². The van der Waals surface area contributed by atoms with Gasteiger partial charge in [-0.25, -0.2) is 0 Å². The summed E-state index contributed by atoms with van der Waals surface area (Å²) in [5, 5.41) is 2.19. The fourth-order valence-electron chi connectivity index (χ4n) is 2.41. The van der Waals surface area contributed by atoms with Crippen molar-refractivity contribution in [3.8, 4) is 0 Å². The summed E-state index contributed by atoms with van der Waals surface area (Å²) in [6, 6.07) is 7.97. The van der Waals surface area contributed by atoms with Crippen molar-refractivity contribution in [3.63, 3.8) is 0 Å². The quantitative estimate of drug-likeness (QED) is 0.659. The van der Waals surface area contributed by atoms with Crippen molar-refractivity contribution in [2.45, 2.75) is 13.3 Å². The molecule has 2 nitrogen and oxygen atoms in total. The summed E-state index contributed by atoms with van der Waals surface area (Å²) < 4.78 is 0. The van der Waals surface area contributed by atoms with Crippen LogP contribution in [0.2, 0.25) is 0 Å². The third kappa shape index (κ3) is 0.962. The zero-order valence-corrected chi connectivity index (χ0v) is 8.50. The second-order valence-electron chi connectivity index (χ2n) is 4.08. The molecule has 0 bridgehead atoms. The summed E-state index contributed by atoms with van der Waals surface area (Å²) >= 11 is 0. The number of Topliss-reactive ketones (excluding diaryl/α,β-unsaturated/α-hetero) is 1. The van der Waals surface area contributed by atoms with Crippen molar-refractivity contribution in [1.82, 2.24) is 0 Å². The number of hydrogen-bond acceptors (Lipinski definition) is 2. The summed E-state index contributed by atoms with van der Waals surface area (Å²) in [4.78, 5) is 11.9. The molecular weight excluding hydrogens is 186 g/mol. The van der Waals surface area contributed by atoms with Crippen molar-refractivity contribution in [2.75, 3.05) is 5.73 Å². The molecule has 0 spiro atoms. The molecule has 0 saturated carbocycles. The standard InChI is InChI=1S/C13H11NO/c1-7-10(14)5-8-3-2-4-9-6-11(15)12(7)13(8)9/h2-5H,6,14H2,1H3. The molecule has 2 N–H and O–H groups in total. The highest BCUT2D eigenvalue weighted by Crippen LogP contribution is 2.35. The minimum absolute atomic E-state index is 0.200. The van der Waals surface area contributed by atoms with Crippen molar-refractivity contribution >= 4 is 22.2 Å². The van der Waals surface area contributed by atoms with Crippen LogP contribution in [0.5, 0.6) is 0 Å². The highest BCUT2D eigenvalue weighted by Gasteiger charge is 2.24. The topological polar surface area (TPSA) is 43.1 Å². The van der Waals surface area contributed by atoms with Gasteiger partial charge < -0.3 is 5.73 Å². The summed E-state index contributed by atoms with van der Waals surface area (Å²) in [5.74, 6) is 0.200. The van der Waals surface area contributed by atoms with Gasteiger partial charge in [0, 0.05) is 17.7 Å². The van der Waals surface area contributed by atoms with Crippen LogP contribution in [0.3, 0.4) is 0 Å². The maximum absolute atomic E-state index is 11.9. The van der Waals surface area contributed by atoms with E-state index in [9.17, 15) is 4.79 Å². The van der Waals surface area contributed by atoms with Gasteiger partial charge in [0.15, 0.2) is 5.78 Å². The fraction of sp³-hybridized carbons (Fsp3) is 0.154. The Hall–Kier alpha value is -1.83. The van der Waals surface area contributed by atoms with Gasteiger partial charge in [-0.15, -0.1) is 0 Å². The van der Waals surface area contributed by atoms with Gasteiger partial charge in [0.2, 0.25) is 0 Å². The Morgan fingerprint density at radius 3 is 2.93 bits per heavy atom. The Kier molecular flexibility index (Phi) is 1.47. The number of anilines is 1. The van der Waals surface area contributed by atoms with Crippen LogP contribution in [-0.4, -0.2) is 5.78 Å². The molecule has 1 aliphatic rings. The van der Waals surface area contributed by atoms with Crippen molar-refractivity contribution in [1.29, 1.82) is 0 Å². The molecule has 0 amide bonds. The van der Waals surface area contributed by atoms with Gasteiger partial charge in [-0.2, -0.15) is 0 Å². The van der Waals surface area contributed by atoms with Gasteiger partial charge in [0.05, 0.1) is 0 Å². The fourth-order valence-corrected chi connectivity index (χ4v) is 2.41. The van der Waals surface area contributed by atoms with E-state index in [1.54, 1.807) is 0 Å². The number of nitrogen functional groups attached to an aromatic ring is 1. The first kappa shape index (κ1) is 8.48.